The van der Waals surface area contributed by atoms with Crippen molar-refractivity contribution in [3.8, 4) is 0 Å². The van der Waals surface area contributed by atoms with Crippen LogP contribution in [0.5, 0.6) is 0 Å². The molecule has 0 spiro atoms. The van der Waals surface area contributed by atoms with Crippen molar-refractivity contribution in [3.05, 3.63) is 24.0 Å². The molecule has 1 aliphatic heterocycles. The predicted octanol–water partition coefficient (Wildman–Crippen LogP) is 2.56. The van der Waals surface area contributed by atoms with E-state index in [1.54, 1.807) is 12.0 Å². The number of rotatable bonds is 25. The van der Waals surface area contributed by atoms with Crippen molar-refractivity contribution >= 4 is 45.3 Å². The average Bonchev–Trinajstić information content (AvgIpc) is 3.56. The quantitative estimate of drug-likeness (QED) is 0.110. The molecular weight excluding hydrogens is 646 g/mol. The molecule has 0 bridgehead atoms. The number of nitrogens with zero attached hydrogens (tertiary/aromatic N) is 5. The minimum Gasteiger partial charge on any atom is -0.481 e. The zero-order valence-corrected chi connectivity index (χ0v) is 29.7. The van der Waals surface area contributed by atoms with E-state index in [0.717, 1.165) is 85.4 Å². The Morgan fingerprint density at radius 2 is 1.58 bits per heavy atom. The summed E-state index contributed by atoms with van der Waals surface area (Å²) in [5, 5.41) is 9.84. The van der Waals surface area contributed by atoms with Crippen LogP contribution in [0, 0.1) is 0 Å². The van der Waals surface area contributed by atoms with Gasteiger partial charge in [-0.1, -0.05) is 13.3 Å². The molecule has 1 aliphatic rings. The summed E-state index contributed by atoms with van der Waals surface area (Å²) >= 11 is 0. The molecule has 50 heavy (non-hydrogen) atoms. The first-order valence-corrected chi connectivity index (χ1v) is 17.7. The van der Waals surface area contributed by atoms with Crippen molar-refractivity contribution in [1.29, 1.82) is 0 Å². The molecule has 15 heteroatoms. The second-order valence-electron chi connectivity index (χ2n) is 12.3. The molecule has 1 amide bonds. The molecular formula is C35H55N7O8. The van der Waals surface area contributed by atoms with Crippen LogP contribution >= 0.6 is 0 Å². The largest absolute Gasteiger partial charge is 0.481 e. The number of benzene rings is 1. The molecule has 0 radical (unpaired) electrons. The van der Waals surface area contributed by atoms with Crippen LogP contribution in [-0.2, 0) is 39.7 Å². The van der Waals surface area contributed by atoms with Gasteiger partial charge in [0.2, 0.25) is 5.91 Å². The number of hydrogen-bond donors (Lipinski definition) is 3. The van der Waals surface area contributed by atoms with Crippen molar-refractivity contribution in [2.75, 3.05) is 123 Å². The van der Waals surface area contributed by atoms with Gasteiger partial charge in [0.05, 0.1) is 77.8 Å². The molecule has 15 nitrogen and oxygen atoms in total. The van der Waals surface area contributed by atoms with Gasteiger partial charge in [0.15, 0.2) is 0 Å². The van der Waals surface area contributed by atoms with Crippen LogP contribution in [0.15, 0.2) is 18.2 Å². The fourth-order valence-electron chi connectivity index (χ4n) is 5.74. The van der Waals surface area contributed by atoms with E-state index in [0.29, 0.717) is 58.5 Å². The predicted molar refractivity (Wildman–Crippen MR) is 192 cm³/mol. The monoisotopic (exact) mass is 701 g/mol. The number of anilines is 2. The maximum absolute atomic E-state index is 12.9. The zero-order chi connectivity index (χ0) is 35.6. The van der Waals surface area contributed by atoms with Gasteiger partial charge in [-0.2, -0.15) is 0 Å². The lowest BCUT2D eigenvalue weighted by Gasteiger charge is -2.36. The third-order valence-electron chi connectivity index (χ3n) is 8.63. The van der Waals surface area contributed by atoms with Gasteiger partial charge in [-0.15, -0.1) is 0 Å². The Morgan fingerprint density at radius 3 is 2.30 bits per heavy atom. The number of H-pyrrole nitrogens is 1. The van der Waals surface area contributed by atoms with Gasteiger partial charge in [-0.05, 0) is 24.6 Å². The summed E-state index contributed by atoms with van der Waals surface area (Å²) in [6.45, 7) is 10.8. The highest BCUT2D eigenvalue weighted by Gasteiger charge is 2.19. The first kappa shape index (κ1) is 39.2. The van der Waals surface area contributed by atoms with Gasteiger partial charge in [0.1, 0.15) is 22.7 Å². The SMILES string of the molecule is CCCCc1nc2c([nH]1)c(N)nc1ccc(N3CCN(CCOCCN(CCOCCC(=O)O)C(=O)CCOCCOCCOC)CC3)cc12. The number of amides is 1. The molecule has 2 aromatic heterocycles. The third kappa shape index (κ3) is 12.6. The maximum Gasteiger partial charge on any atom is 0.305 e. The molecule has 3 aromatic rings. The second kappa shape index (κ2) is 21.6. The van der Waals surface area contributed by atoms with E-state index < -0.39 is 5.97 Å². The van der Waals surface area contributed by atoms with E-state index in [9.17, 15) is 9.59 Å². The number of carboxylic acid groups (broad SMARTS) is 1. The summed E-state index contributed by atoms with van der Waals surface area (Å²) in [6, 6.07) is 6.33. The number of imidazole rings is 1. The number of carbonyl (C=O) groups excluding carboxylic acids is 1. The lowest BCUT2D eigenvalue weighted by molar-refractivity contribution is -0.139. The van der Waals surface area contributed by atoms with Gasteiger partial charge >= 0.3 is 5.97 Å². The summed E-state index contributed by atoms with van der Waals surface area (Å²) in [5.74, 6) is 0.449. The maximum atomic E-state index is 12.9. The molecule has 1 fully saturated rings. The van der Waals surface area contributed by atoms with Gasteiger partial charge in [-0.25, -0.2) is 9.97 Å². The Hall–Kier alpha value is -3.60. The second-order valence-corrected chi connectivity index (χ2v) is 12.3. The van der Waals surface area contributed by atoms with Crippen LogP contribution < -0.4 is 10.6 Å². The first-order chi connectivity index (χ1) is 24.4. The highest BCUT2D eigenvalue weighted by molar-refractivity contribution is 6.07. The number of aromatic nitrogens is 3. The number of methoxy groups -OCH3 is 1. The Kier molecular flexibility index (Phi) is 16.9. The number of carboxylic acids is 1. The van der Waals surface area contributed by atoms with Gasteiger partial charge in [-0.3, -0.25) is 14.5 Å². The number of nitrogens with one attached hydrogen (secondary N) is 1. The lowest BCUT2D eigenvalue weighted by atomic mass is 10.1. The number of nitrogens with two attached hydrogens (primary N) is 1. The van der Waals surface area contributed by atoms with Crippen LogP contribution in [0.3, 0.4) is 0 Å². The van der Waals surface area contributed by atoms with Crippen LogP contribution in [0.25, 0.3) is 21.9 Å². The van der Waals surface area contributed by atoms with E-state index in [1.165, 1.54) is 0 Å². The topological polar surface area (TPSA) is 178 Å². The number of aryl methyl sites for hydroxylation is 1. The molecule has 1 saturated heterocycles. The molecule has 3 heterocycles. The number of piperazine rings is 1. The molecule has 0 unspecified atom stereocenters. The molecule has 4 rings (SSSR count). The molecule has 1 aromatic carbocycles. The molecule has 278 valence electrons. The van der Waals surface area contributed by atoms with Gasteiger partial charge < -0.3 is 49.3 Å². The Morgan fingerprint density at radius 1 is 0.900 bits per heavy atom. The molecule has 0 saturated carbocycles. The Bertz CT molecular complexity index is 1460. The summed E-state index contributed by atoms with van der Waals surface area (Å²) in [7, 11) is 1.62. The first-order valence-electron chi connectivity index (χ1n) is 17.7. The van der Waals surface area contributed by atoms with E-state index in [2.05, 4.69) is 38.8 Å². The minimum absolute atomic E-state index is 0.0650. The highest BCUT2D eigenvalue weighted by atomic mass is 16.5. The number of pyridine rings is 1. The third-order valence-corrected chi connectivity index (χ3v) is 8.63. The number of ether oxygens (including phenoxy) is 5. The van der Waals surface area contributed by atoms with Gasteiger partial charge in [0.25, 0.3) is 0 Å². The summed E-state index contributed by atoms with van der Waals surface area (Å²) in [5.41, 5.74) is 9.96. The van der Waals surface area contributed by atoms with Crippen LogP contribution in [-0.4, -0.2) is 154 Å². The Balaban J connectivity index is 1.18. The number of hydrogen-bond acceptors (Lipinski definition) is 12. The van der Waals surface area contributed by atoms with Crippen LogP contribution in [0.4, 0.5) is 11.5 Å². The van der Waals surface area contributed by atoms with E-state index in [4.69, 9.17) is 39.5 Å². The minimum atomic E-state index is -0.916. The molecule has 4 N–H and O–H groups in total. The van der Waals surface area contributed by atoms with E-state index in [1.807, 2.05) is 6.07 Å². The van der Waals surface area contributed by atoms with Crippen molar-refractivity contribution in [3.63, 3.8) is 0 Å². The van der Waals surface area contributed by atoms with Gasteiger partial charge in [0, 0.05) is 70.4 Å². The number of fused-ring (bicyclic) bond motifs is 3. The summed E-state index contributed by atoms with van der Waals surface area (Å²) in [4.78, 5) is 43.0. The van der Waals surface area contributed by atoms with Crippen molar-refractivity contribution < 1.29 is 38.4 Å². The van der Waals surface area contributed by atoms with E-state index in [-0.39, 0.29) is 38.6 Å². The number of aromatic amines is 1. The van der Waals surface area contributed by atoms with Crippen molar-refractivity contribution in [2.24, 2.45) is 0 Å². The molecule has 0 aliphatic carbocycles. The fourth-order valence-corrected chi connectivity index (χ4v) is 5.74. The van der Waals surface area contributed by atoms with Crippen LogP contribution in [0.1, 0.15) is 38.4 Å². The lowest BCUT2D eigenvalue weighted by Crippen LogP contribution is -2.47. The van der Waals surface area contributed by atoms with Crippen molar-refractivity contribution in [1.82, 2.24) is 24.8 Å². The van der Waals surface area contributed by atoms with E-state index >= 15 is 0 Å². The normalized spacial score (nSPS) is 13.8. The summed E-state index contributed by atoms with van der Waals surface area (Å²) < 4.78 is 27.2. The fraction of sp³-hybridized carbons (Fsp3) is 0.657. The van der Waals surface area contributed by atoms with Crippen molar-refractivity contribution in [2.45, 2.75) is 39.0 Å². The number of aliphatic carboxylic acids is 1. The average molecular weight is 702 g/mol. The summed E-state index contributed by atoms with van der Waals surface area (Å²) in [6.07, 6.45) is 3.22. The highest BCUT2D eigenvalue weighted by Crippen LogP contribution is 2.30. The smallest absolute Gasteiger partial charge is 0.305 e. The zero-order valence-electron chi connectivity index (χ0n) is 29.7. The standard InChI is InChI=1S/C35H55N7O8/c1-3-4-5-30-38-33-28-26-27(6-7-29(28)37-35(36)34(33)39-30)41-12-10-40(11-13-41)14-19-49-21-16-42(15-20-47-18-9-32(44)45)31(43)8-17-48-24-25-50-23-22-46-2/h6-7,26H,3-5,8-25H2,1-2H3,(H2,36,37)(H,38,39)(H,44,45). The molecule has 0 atom stereocenters. The van der Waals surface area contributed by atoms with Crippen LogP contribution in [0.2, 0.25) is 0 Å². The number of nitrogen functional groups attached to an aromatic ring is 1. The number of unbranched alkanes of at least 4 members (excludes halogenated alkanes) is 1. The Labute approximate surface area is 294 Å². The number of carbonyl (C=O) groups is 2.